The highest BCUT2D eigenvalue weighted by Crippen LogP contribution is 2.30. The van der Waals surface area contributed by atoms with Crippen molar-refractivity contribution in [1.82, 2.24) is 4.90 Å². The molecule has 2 rings (SSSR count). The van der Waals surface area contributed by atoms with Gasteiger partial charge in [-0.2, -0.15) is 8.78 Å². The Labute approximate surface area is 123 Å². The van der Waals surface area contributed by atoms with Crippen molar-refractivity contribution in [3.05, 3.63) is 29.1 Å². The van der Waals surface area contributed by atoms with Gasteiger partial charge in [0.05, 0.1) is 0 Å². The first kappa shape index (κ1) is 16.7. The summed E-state index contributed by atoms with van der Waals surface area (Å²) in [4.78, 5) is 13.6. The fraction of sp³-hybridized carbons (Fsp3) is 0.500. The van der Waals surface area contributed by atoms with Gasteiger partial charge in [-0.15, -0.1) is 0 Å². The van der Waals surface area contributed by atoms with E-state index < -0.39 is 46.8 Å². The molecule has 8 heteroatoms. The van der Waals surface area contributed by atoms with Crippen LogP contribution in [0, 0.1) is 35.0 Å². The molecular weight excluding hydrogens is 309 g/mol. The molecule has 0 amide bonds. The summed E-state index contributed by atoms with van der Waals surface area (Å²) in [5.74, 6) is -13.3. The maximum absolute atomic E-state index is 13.5. The summed E-state index contributed by atoms with van der Waals surface area (Å²) in [6.45, 7) is 2.46. The summed E-state index contributed by atoms with van der Waals surface area (Å²) in [6.07, 6.45) is 1.22. The SMILES string of the molecule is CC1CCN(C)C(C(=O)Oc2c(F)c(F)c(F)c(F)c2F)C1. The molecule has 2 unspecified atom stereocenters. The molecule has 0 bridgehead atoms. The Balaban J connectivity index is 2.29. The summed E-state index contributed by atoms with van der Waals surface area (Å²) in [5, 5.41) is 0. The molecule has 3 nitrogen and oxygen atoms in total. The summed E-state index contributed by atoms with van der Waals surface area (Å²) < 4.78 is 70.5. The largest absolute Gasteiger partial charge is 0.419 e. The number of carbonyl (C=O) groups excluding carboxylic acids is 1. The van der Waals surface area contributed by atoms with Crippen LogP contribution in [0.25, 0.3) is 0 Å². The van der Waals surface area contributed by atoms with Crippen LogP contribution < -0.4 is 4.74 Å². The highest BCUT2D eigenvalue weighted by atomic mass is 19.2. The van der Waals surface area contributed by atoms with Crippen molar-refractivity contribution in [2.45, 2.75) is 25.8 Å². The third-order valence-corrected chi connectivity index (χ3v) is 3.78. The van der Waals surface area contributed by atoms with E-state index in [4.69, 9.17) is 0 Å². The Hall–Kier alpha value is -1.70. The maximum Gasteiger partial charge on any atom is 0.328 e. The zero-order chi connectivity index (χ0) is 16.6. The number of esters is 1. The van der Waals surface area contributed by atoms with Gasteiger partial charge in [-0.25, -0.2) is 18.0 Å². The first-order valence-corrected chi connectivity index (χ1v) is 6.67. The lowest BCUT2D eigenvalue weighted by atomic mass is 9.93. The van der Waals surface area contributed by atoms with Crippen molar-refractivity contribution >= 4 is 5.97 Å². The van der Waals surface area contributed by atoms with Crippen molar-refractivity contribution < 1.29 is 31.5 Å². The molecule has 2 atom stereocenters. The second-order valence-corrected chi connectivity index (χ2v) is 5.45. The van der Waals surface area contributed by atoms with Gasteiger partial charge in [0.1, 0.15) is 6.04 Å². The molecule has 0 spiro atoms. The van der Waals surface area contributed by atoms with Crippen molar-refractivity contribution in [1.29, 1.82) is 0 Å². The van der Waals surface area contributed by atoms with Crippen LogP contribution in [0.15, 0.2) is 0 Å². The van der Waals surface area contributed by atoms with Gasteiger partial charge in [-0.05, 0) is 32.4 Å². The van der Waals surface area contributed by atoms with E-state index in [2.05, 4.69) is 4.74 Å². The van der Waals surface area contributed by atoms with Crippen LogP contribution in [0.3, 0.4) is 0 Å². The van der Waals surface area contributed by atoms with Crippen LogP contribution in [0.2, 0.25) is 0 Å². The zero-order valence-corrected chi connectivity index (χ0v) is 11.9. The number of likely N-dealkylation sites (N-methyl/N-ethyl adjacent to an activating group) is 1. The summed E-state index contributed by atoms with van der Waals surface area (Å²) in [7, 11) is 1.62. The number of rotatable bonds is 2. The van der Waals surface area contributed by atoms with Gasteiger partial charge in [-0.1, -0.05) is 6.92 Å². The Bertz CT molecular complexity index is 578. The fourth-order valence-corrected chi connectivity index (χ4v) is 2.38. The van der Waals surface area contributed by atoms with Crippen LogP contribution in [-0.4, -0.2) is 30.5 Å². The number of halogens is 5. The van der Waals surface area contributed by atoms with Crippen molar-refractivity contribution in [2.75, 3.05) is 13.6 Å². The minimum Gasteiger partial charge on any atom is -0.419 e. The number of likely N-dealkylation sites (tertiary alicyclic amines) is 1. The van der Waals surface area contributed by atoms with E-state index in [1.165, 1.54) is 0 Å². The minimum atomic E-state index is -2.29. The number of piperidine rings is 1. The van der Waals surface area contributed by atoms with Gasteiger partial charge < -0.3 is 4.74 Å². The van der Waals surface area contributed by atoms with Gasteiger partial charge in [0, 0.05) is 0 Å². The molecule has 122 valence electrons. The van der Waals surface area contributed by atoms with Gasteiger partial charge in [0.15, 0.2) is 0 Å². The lowest BCUT2D eigenvalue weighted by Crippen LogP contribution is -2.46. The quantitative estimate of drug-likeness (QED) is 0.275. The molecule has 0 radical (unpaired) electrons. The van der Waals surface area contributed by atoms with Gasteiger partial charge in [0.2, 0.25) is 34.8 Å². The maximum atomic E-state index is 13.5. The van der Waals surface area contributed by atoms with Crippen LogP contribution in [0.5, 0.6) is 5.75 Å². The Morgan fingerprint density at radius 3 is 2.09 bits per heavy atom. The zero-order valence-electron chi connectivity index (χ0n) is 11.9. The normalized spacial score (nSPS) is 22.7. The van der Waals surface area contributed by atoms with E-state index in [0.29, 0.717) is 13.0 Å². The first-order chi connectivity index (χ1) is 10.2. The molecule has 1 aliphatic heterocycles. The predicted molar refractivity (Wildman–Crippen MR) is 66.7 cm³/mol. The second-order valence-electron chi connectivity index (χ2n) is 5.45. The average molecular weight is 323 g/mol. The number of nitrogens with zero attached hydrogens (tertiary/aromatic N) is 1. The molecule has 1 saturated heterocycles. The molecule has 1 aliphatic rings. The molecule has 1 fully saturated rings. The van der Waals surface area contributed by atoms with Crippen molar-refractivity contribution in [2.24, 2.45) is 5.92 Å². The topological polar surface area (TPSA) is 29.5 Å². The van der Waals surface area contributed by atoms with Gasteiger partial charge in [-0.3, -0.25) is 4.90 Å². The Kier molecular flexibility index (Phi) is 4.69. The van der Waals surface area contributed by atoms with Crippen LogP contribution >= 0.6 is 0 Å². The van der Waals surface area contributed by atoms with Crippen molar-refractivity contribution in [3.8, 4) is 5.75 Å². The van der Waals surface area contributed by atoms with Crippen molar-refractivity contribution in [3.63, 3.8) is 0 Å². The lowest BCUT2D eigenvalue weighted by molar-refractivity contribution is -0.142. The molecular formula is C14H14F5NO2. The monoisotopic (exact) mass is 323 g/mol. The molecule has 0 aromatic heterocycles. The second kappa shape index (κ2) is 6.20. The number of hydrogen-bond donors (Lipinski definition) is 0. The van der Waals surface area contributed by atoms with E-state index in [9.17, 15) is 26.7 Å². The number of hydrogen-bond acceptors (Lipinski definition) is 3. The third-order valence-electron chi connectivity index (χ3n) is 3.78. The molecule has 1 aromatic carbocycles. The van der Waals surface area contributed by atoms with E-state index in [1.54, 1.807) is 11.9 Å². The molecule has 1 heterocycles. The predicted octanol–water partition coefficient (Wildman–Crippen LogP) is 3.02. The third kappa shape index (κ3) is 2.92. The van der Waals surface area contributed by atoms with E-state index in [1.807, 2.05) is 6.92 Å². The fourth-order valence-electron chi connectivity index (χ4n) is 2.38. The number of carbonyl (C=O) groups is 1. The number of ether oxygens (including phenoxy) is 1. The van der Waals surface area contributed by atoms with Crippen LogP contribution in [0.1, 0.15) is 19.8 Å². The van der Waals surface area contributed by atoms with E-state index in [-0.39, 0.29) is 5.92 Å². The van der Waals surface area contributed by atoms with Gasteiger partial charge >= 0.3 is 5.97 Å². The minimum absolute atomic E-state index is 0.185. The highest BCUT2D eigenvalue weighted by molar-refractivity contribution is 5.78. The summed E-state index contributed by atoms with van der Waals surface area (Å²) >= 11 is 0. The molecule has 22 heavy (non-hydrogen) atoms. The summed E-state index contributed by atoms with van der Waals surface area (Å²) in [5.41, 5.74) is 0. The Morgan fingerprint density at radius 2 is 1.55 bits per heavy atom. The standard InChI is InChI=1S/C14H14F5NO2/c1-6-3-4-20(2)7(5-6)14(21)22-13-11(18)9(16)8(15)10(17)12(13)19/h6-7H,3-5H2,1-2H3. The molecule has 0 saturated carbocycles. The highest BCUT2D eigenvalue weighted by Gasteiger charge is 2.34. The van der Waals surface area contributed by atoms with Crippen LogP contribution in [0.4, 0.5) is 22.0 Å². The number of benzene rings is 1. The Morgan fingerprint density at radius 1 is 1.05 bits per heavy atom. The summed E-state index contributed by atoms with van der Waals surface area (Å²) in [6, 6.07) is -0.793. The molecule has 0 N–H and O–H groups in total. The van der Waals surface area contributed by atoms with E-state index in [0.717, 1.165) is 6.42 Å². The average Bonchev–Trinajstić information content (AvgIpc) is 2.49. The lowest BCUT2D eigenvalue weighted by Gasteiger charge is -2.33. The smallest absolute Gasteiger partial charge is 0.328 e. The van der Waals surface area contributed by atoms with Crippen LogP contribution in [-0.2, 0) is 4.79 Å². The molecule has 0 aliphatic carbocycles. The molecule has 1 aromatic rings. The van der Waals surface area contributed by atoms with Gasteiger partial charge in [0.25, 0.3) is 0 Å². The van der Waals surface area contributed by atoms with E-state index >= 15 is 0 Å². The first-order valence-electron chi connectivity index (χ1n) is 6.67.